The molecule has 0 aliphatic carbocycles. The molecule has 0 unspecified atom stereocenters. The van der Waals surface area contributed by atoms with E-state index in [-0.39, 0.29) is 5.41 Å². The smallest absolute Gasteiger partial charge is 0.224 e. The Morgan fingerprint density at radius 1 is 1.11 bits per heavy atom. The zero-order valence-electron chi connectivity index (χ0n) is 11.8. The van der Waals surface area contributed by atoms with Gasteiger partial charge in [0.15, 0.2) is 0 Å². The lowest BCUT2D eigenvalue weighted by atomic mass is 9.96. The van der Waals surface area contributed by atoms with Crippen LogP contribution in [0.3, 0.4) is 0 Å². The maximum Gasteiger partial charge on any atom is 0.224 e. The summed E-state index contributed by atoms with van der Waals surface area (Å²) in [6.45, 7) is 8.14. The van der Waals surface area contributed by atoms with Gasteiger partial charge in [0.05, 0.1) is 0 Å². The lowest BCUT2D eigenvalue weighted by Gasteiger charge is -2.17. The number of nitrogens with two attached hydrogens (primary N) is 1. The molecule has 2 aromatic rings. The molecule has 4 heteroatoms. The maximum atomic E-state index is 5.81. The normalized spacial score (nSPS) is 11.4. The molecule has 0 aliphatic heterocycles. The molecule has 0 aliphatic rings. The van der Waals surface area contributed by atoms with E-state index in [0.29, 0.717) is 17.5 Å². The average Bonchev–Trinajstić information content (AvgIpc) is 2.26. The molecule has 1 aromatic carbocycles. The van der Waals surface area contributed by atoms with Gasteiger partial charge in [-0.25, -0.2) is 4.98 Å². The molecule has 2 rings (SSSR count). The van der Waals surface area contributed by atoms with Gasteiger partial charge in [-0.3, -0.25) is 0 Å². The average molecular weight is 257 g/mol. The summed E-state index contributed by atoms with van der Waals surface area (Å²) in [5.41, 5.74) is 6.78. The molecule has 4 nitrogen and oxygen atoms in total. The van der Waals surface area contributed by atoms with Crippen LogP contribution in [-0.4, -0.2) is 9.97 Å². The van der Waals surface area contributed by atoms with Gasteiger partial charge in [-0.15, -0.1) is 0 Å². The van der Waals surface area contributed by atoms with Crippen molar-refractivity contribution in [3.05, 3.63) is 41.7 Å². The molecular weight excluding hydrogens is 238 g/mol. The summed E-state index contributed by atoms with van der Waals surface area (Å²) in [4.78, 5) is 8.67. The molecule has 100 valence electrons. The Morgan fingerprint density at radius 3 is 2.47 bits per heavy atom. The monoisotopic (exact) mass is 257 g/mol. The molecule has 0 saturated carbocycles. The van der Waals surface area contributed by atoms with E-state index in [9.17, 15) is 0 Å². The number of hydrogen-bond acceptors (Lipinski definition) is 4. The fraction of sp³-hybridized carbons (Fsp3) is 0.333. The van der Waals surface area contributed by atoms with Crippen molar-refractivity contribution >= 4 is 5.82 Å². The minimum absolute atomic E-state index is 0.167. The summed E-state index contributed by atoms with van der Waals surface area (Å²) < 4.78 is 5.74. The van der Waals surface area contributed by atoms with Crippen LogP contribution in [0.25, 0.3) is 0 Å². The third-order valence-corrected chi connectivity index (χ3v) is 2.61. The molecule has 0 fully saturated rings. The topological polar surface area (TPSA) is 61.0 Å². The predicted octanol–water partition coefficient (Wildman–Crippen LogP) is 3.46. The van der Waals surface area contributed by atoms with E-state index in [4.69, 9.17) is 10.5 Å². The van der Waals surface area contributed by atoms with Crippen molar-refractivity contribution in [1.82, 2.24) is 9.97 Å². The standard InChI is InChI=1S/C15H19N3O/c1-10-6-5-7-11(8-10)19-13-9-12(16)17-14(18-13)15(2,3)4/h5-9H,1-4H3,(H2,16,17,18). The molecule has 2 N–H and O–H groups in total. The highest BCUT2D eigenvalue weighted by Crippen LogP contribution is 2.25. The van der Waals surface area contributed by atoms with E-state index in [1.54, 1.807) is 6.07 Å². The van der Waals surface area contributed by atoms with Crippen molar-refractivity contribution < 1.29 is 4.74 Å². The number of anilines is 1. The molecule has 0 amide bonds. The summed E-state index contributed by atoms with van der Waals surface area (Å²) in [6, 6.07) is 9.44. The number of hydrogen-bond donors (Lipinski definition) is 1. The third-order valence-electron chi connectivity index (χ3n) is 2.61. The first-order valence-corrected chi connectivity index (χ1v) is 6.24. The molecule has 0 bridgehead atoms. The van der Waals surface area contributed by atoms with Crippen LogP contribution in [0.5, 0.6) is 11.6 Å². The Labute approximate surface area is 113 Å². The minimum atomic E-state index is -0.167. The van der Waals surface area contributed by atoms with Gasteiger partial charge in [0.1, 0.15) is 17.4 Å². The number of aromatic nitrogens is 2. The van der Waals surface area contributed by atoms with Gasteiger partial charge in [-0.05, 0) is 24.6 Å². The number of ether oxygens (including phenoxy) is 1. The fourth-order valence-corrected chi connectivity index (χ4v) is 1.63. The predicted molar refractivity (Wildman–Crippen MR) is 76.4 cm³/mol. The Hall–Kier alpha value is -2.10. The molecular formula is C15H19N3O. The van der Waals surface area contributed by atoms with Gasteiger partial charge in [0, 0.05) is 11.5 Å². The number of aryl methyl sites for hydroxylation is 1. The summed E-state index contributed by atoms with van der Waals surface area (Å²) in [5, 5.41) is 0. The second-order valence-electron chi connectivity index (χ2n) is 5.62. The van der Waals surface area contributed by atoms with Gasteiger partial charge in [0.25, 0.3) is 0 Å². The van der Waals surface area contributed by atoms with Gasteiger partial charge >= 0.3 is 0 Å². The van der Waals surface area contributed by atoms with E-state index >= 15 is 0 Å². The van der Waals surface area contributed by atoms with Crippen molar-refractivity contribution in [1.29, 1.82) is 0 Å². The Bertz CT molecular complexity index is 588. The van der Waals surface area contributed by atoms with Gasteiger partial charge in [-0.1, -0.05) is 32.9 Å². The molecule has 0 spiro atoms. The SMILES string of the molecule is Cc1cccc(Oc2cc(N)nc(C(C)(C)C)n2)c1. The molecule has 1 heterocycles. The first-order valence-electron chi connectivity index (χ1n) is 6.24. The van der Waals surface area contributed by atoms with Crippen LogP contribution >= 0.6 is 0 Å². The summed E-state index contributed by atoms with van der Waals surface area (Å²) >= 11 is 0. The summed E-state index contributed by atoms with van der Waals surface area (Å²) in [7, 11) is 0. The first-order chi connectivity index (χ1) is 8.84. The Balaban J connectivity index is 2.33. The van der Waals surface area contributed by atoms with Crippen LogP contribution in [0.2, 0.25) is 0 Å². The zero-order valence-corrected chi connectivity index (χ0v) is 11.8. The highest BCUT2D eigenvalue weighted by atomic mass is 16.5. The number of rotatable bonds is 2. The van der Waals surface area contributed by atoms with Crippen molar-refractivity contribution in [3.63, 3.8) is 0 Å². The second-order valence-corrected chi connectivity index (χ2v) is 5.62. The lowest BCUT2D eigenvalue weighted by molar-refractivity contribution is 0.446. The first kappa shape index (κ1) is 13.3. The van der Waals surface area contributed by atoms with Gasteiger partial charge in [0.2, 0.25) is 5.88 Å². The van der Waals surface area contributed by atoms with Crippen LogP contribution in [0, 0.1) is 6.92 Å². The fourth-order valence-electron chi connectivity index (χ4n) is 1.63. The van der Waals surface area contributed by atoms with Crippen LogP contribution in [0.4, 0.5) is 5.82 Å². The summed E-state index contributed by atoms with van der Waals surface area (Å²) in [5.74, 6) is 2.32. The number of nitrogens with zero attached hydrogens (tertiary/aromatic N) is 2. The highest BCUT2D eigenvalue weighted by molar-refractivity contribution is 5.37. The molecule has 0 radical (unpaired) electrons. The maximum absolute atomic E-state index is 5.81. The Morgan fingerprint density at radius 2 is 1.84 bits per heavy atom. The van der Waals surface area contributed by atoms with E-state index in [1.165, 1.54) is 0 Å². The van der Waals surface area contributed by atoms with Gasteiger partial charge < -0.3 is 10.5 Å². The van der Waals surface area contributed by atoms with E-state index in [2.05, 4.69) is 9.97 Å². The van der Waals surface area contributed by atoms with Crippen LogP contribution in [0.1, 0.15) is 32.2 Å². The molecule has 0 saturated heterocycles. The van der Waals surface area contributed by atoms with Crippen LogP contribution in [0.15, 0.2) is 30.3 Å². The van der Waals surface area contributed by atoms with Crippen LogP contribution in [-0.2, 0) is 5.41 Å². The largest absolute Gasteiger partial charge is 0.439 e. The summed E-state index contributed by atoms with van der Waals surface area (Å²) in [6.07, 6.45) is 0. The zero-order chi connectivity index (χ0) is 14.0. The quantitative estimate of drug-likeness (QED) is 0.895. The molecule has 19 heavy (non-hydrogen) atoms. The highest BCUT2D eigenvalue weighted by Gasteiger charge is 2.19. The van der Waals surface area contributed by atoms with Crippen molar-refractivity contribution in [3.8, 4) is 11.6 Å². The van der Waals surface area contributed by atoms with Crippen molar-refractivity contribution in [2.24, 2.45) is 0 Å². The van der Waals surface area contributed by atoms with E-state index in [1.807, 2.05) is 52.0 Å². The van der Waals surface area contributed by atoms with Crippen molar-refractivity contribution in [2.75, 3.05) is 5.73 Å². The lowest BCUT2D eigenvalue weighted by Crippen LogP contribution is -2.17. The van der Waals surface area contributed by atoms with Crippen LogP contribution < -0.4 is 10.5 Å². The number of benzene rings is 1. The second kappa shape index (κ2) is 4.88. The Kier molecular flexibility index (Phi) is 3.42. The van der Waals surface area contributed by atoms with Crippen molar-refractivity contribution in [2.45, 2.75) is 33.1 Å². The number of nitrogen functional groups attached to an aromatic ring is 1. The van der Waals surface area contributed by atoms with Gasteiger partial charge in [-0.2, -0.15) is 4.98 Å². The molecule has 1 aromatic heterocycles. The van der Waals surface area contributed by atoms with E-state index in [0.717, 1.165) is 11.3 Å². The molecule has 0 atom stereocenters. The van der Waals surface area contributed by atoms with E-state index < -0.39 is 0 Å². The third kappa shape index (κ3) is 3.44. The minimum Gasteiger partial charge on any atom is -0.439 e.